The van der Waals surface area contributed by atoms with Crippen molar-refractivity contribution in [1.29, 1.82) is 0 Å². The Morgan fingerprint density at radius 3 is 2.21 bits per heavy atom. The molecule has 1 saturated carbocycles. The van der Waals surface area contributed by atoms with Crippen LogP contribution in [0.1, 0.15) is 43.7 Å². The molecule has 1 atom stereocenters. The Bertz CT molecular complexity index is 642. The van der Waals surface area contributed by atoms with E-state index >= 15 is 0 Å². The van der Waals surface area contributed by atoms with Gasteiger partial charge in [-0.3, -0.25) is 4.90 Å². The van der Waals surface area contributed by atoms with Gasteiger partial charge < -0.3 is 0 Å². The van der Waals surface area contributed by atoms with Crippen LogP contribution in [0.2, 0.25) is 0 Å². The molecule has 0 amide bonds. The van der Waals surface area contributed by atoms with Crippen LogP contribution >= 0.6 is 0 Å². The van der Waals surface area contributed by atoms with Crippen LogP contribution in [0.25, 0.3) is 6.08 Å². The minimum absolute atomic E-state index is 0.0924. The second-order valence-electron chi connectivity index (χ2n) is 7.09. The van der Waals surface area contributed by atoms with Gasteiger partial charge >= 0.3 is 0 Å². The van der Waals surface area contributed by atoms with Crippen LogP contribution in [0.4, 0.5) is 0 Å². The molecule has 0 heterocycles. The fourth-order valence-corrected chi connectivity index (χ4v) is 3.68. The lowest BCUT2D eigenvalue weighted by molar-refractivity contribution is 0.108. The molecular formula is C23H29N. The van der Waals surface area contributed by atoms with E-state index in [9.17, 15) is 0 Å². The summed E-state index contributed by atoms with van der Waals surface area (Å²) in [5.41, 5.74) is 2.81. The molecule has 0 N–H and O–H groups in total. The number of benzene rings is 2. The molecule has 1 heteroatoms. The summed E-state index contributed by atoms with van der Waals surface area (Å²) in [6.45, 7) is 3.54. The molecule has 0 bridgehead atoms. The molecule has 0 aliphatic heterocycles. The van der Waals surface area contributed by atoms with Crippen LogP contribution in [0.3, 0.4) is 0 Å². The molecule has 0 radical (unpaired) electrons. The maximum atomic E-state index is 2.61. The SMILES string of the molecule is CC[C@@](C/C=C\c1ccccc1)(c1ccccc1)N(C)CC1CC1. The van der Waals surface area contributed by atoms with Gasteiger partial charge in [-0.05, 0) is 49.8 Å². The molecule has 2 aromatic rings. The topological polar surface area (TPSA) is 3.24 Å². The van der Waals surface area contributed by atoms with Gasteiger partial charge in [-0.1, -0.05) is 79.7 Å². The average Bonchev–Trinajstić information content (AvgIpc) is 3.44. The second-order valence-corrected chi connectivity index (χ2v) is 7.09. The summed E-state index contributed by atoms with van der Waals surface area (Å²) in [5.74, 6) is 0.905. The van der Waals surface area contributed by atoms with Crippen molar-refractivity contribution in [3.8, 4) is 0 Å². The zero-order valence-corrected chi connectivity index (χ0v) is 15.0. The van der Waals surface area contributed by atoms with Gasteiger partial charge in [-0.2, -0.15) is 0 Å². The Balaban J connectivity index is 1.84. The number of hydrogen-bond donors (Lipinski definition) is 0. The standard InChI is InChI=1S/C23H29N/c1-3-23(22-14-8-5-9-15-22,24(2)19-21-16-17-21)18-10-13-20-11-6-4-7-12-20/h4-15,21H,3,16-19H2,1-2H3/b13-10-/t23-/m1/s1. The number of nitrogens with zero attached hydrogens (tertiary/aromatic N) is 1. The summed E-state index contributed by atoms with van der Waals surface area (Å²) in [4.78, 5) is 2.61. The lowest BCUT2D eigenvalue weighted by atomic mass is 9.82. The first-order valence-corrected chi connectivity index (χ1v) is 9.23. The van der Waals surface area contributed by atoms with Crippen LogP contribution in [-0.4, -0.2) is 18.5 Å². The Labute approximate surface area is 147 Å². The fourth-order valence-electron chi connectivity index (χ4n) is 3.68. The first-order valence-electron chi connectivity index (χ1n) is 9.23. The van der Waals surface area contributed by atoms with Gasteiger partial charge in [0.2, 0.25) is 0 Å². The van der Waals surface area contributed by atoms with Gasteiger partial charge in [0, 0.05) is 12.1 Å². The van der Waals surface area contributed by atoms with E-state index in [0.717, 1.165) is 18.8 Å². The zero-order chi connectivity index (χ0) is 16.8. The van der Waals surface area contributed by atoms with Crippen molar-refractivity contribution in [3.05, 3.63) is 77.9 Å². The minimum atomic E-state index is 0.0924. The van der Waals surface area contributed by atoms with Gasteiger partial charge in [-0.25, -0.2) is 0 Å². The van der Waals surface area contributed by atoms with E-state index in [2.05, 4.69) is 91.7 Å². The molecule has 3 rings (SSSR count). The van der Waals surface area contributed by atoms with Crippen molar-refractivity contribution in [2.45, 2.75) is 38.1 Å². The molecule has 2 aromatic carbocycles. The Kier molecular flexibility index (Phi) is 5.52. The molecule has 0 spiro atoms. The van der Waals surface area contributed by atoms with Crippen LogP contribution in [-0.2, 0) is 5.54 Å². The Morgan fingerprint density at radius 1 is 1.00 bits per heavy atom. The third-order valence-electron chi connectivity index (χ3n) is 5.42. The van der Waals surface area contributed by atoms with Crippen molar-refractivity contribution in [2.75, 3.05) is 13.6 Å². The molecule has 0 saturated heterocycles. The number of hydrogen-bond acceptors (Lipinski definition) is 1. The maximum absolute atomic E-state index is 2.61. The van der Waals surface area contributed by atoms with Gasteiger partial charge in [0.15, 0.2) is 0 Å². The summed E-state index contributed by atoms with van der Waals surface area (Å²) in [5, 5.41) is 0. The van der Waals surface area contributed by atoms with Crippen molar-refractivity contribution in [2.24, 2.45) is 5.92 Å². The summed E-state index contributed by atoms with van der Waals surface area (Å²) in [7, 11) is 2.31. The highest BCUT2D eigenvalue weighted by molar-refractivity contribution is 5.49. The van der Waals surface area contributed by atoms with Gasteiger partial charge in [0.1, 0.15) is 0 Å². The molecule has 1 aliphatic rings. The predicted octanol–water partition coefficient (Wildman–Crippen LogP) is 5.74. The van der Waals surface area contributed by atoms with E-state index in [-0.39, 0.29) is 5.54 Å². The van der Waals surface area contributed by atoms with Crippen LogP contribution < -0.4 is 0 Å². The molecule has 0 unspecified atom stereocenters. The van der Waals surface area contributed by atoms with Crippen LogP contribution in [0.5, 0.6) is 0 Å². The zero-order valence-electron chi connectivity index (χ0n) is 15.0. The van der Waals surface area contributed by atoms with E-state index in [1.807, 2.05) is 0 Å². The third kappa shape index (κ3) is 3.96. The van der Waals surface area contributed by atoms with E-state index in [1.54, 1.807) is 0 Å². The van der Waals surface area contributed by atoms with Gasteiger partial charge in [0.05, 0.1) is 0 Å². The number of rotatable bonds is 8. The molecule has 24 heavy (non-hydrogen) atoms. The van der Waals surface area contributed by atoms with Gasteiger partial charge in [0.25, 0.3) is 0 Å². The highest BCUT2D eigenvalue weighted by Gasteiger charge is 2.36. The molecule has 1 aliphatic carbocycles. The predicted molar refractivity (Wildman–Crippen MR) is 104 cm³/mol. The second kappa shape index (κ2) is 7.81. The summed E-state index contributed by atoms with van der Waals surface area (Å²) in [6, 6.07) is 21.7. The Hall–Kier alpha value is -1.86. The normalized spacial score (nSPS) is 17.3. The van der Waals surface area contributed by atoms with Crippen molar-refractivity contribution >= 4 is 6.08 Å². The Morgan fingerprint density at radius 2 is 1.62 bits per heavy atom. The fraction of sp³-hybridized carbons (Fsp3) is 0.391. The highest BCUT2D eigenvalue weighted by atomic mass is 15.2. The van der Waals surface area contributed by atoms with Crippen LogP contribution in [0.15, 0.2) is 66.7 Å². The molecular weight excluding hydrogens is 290 g/mol. The van der Waals surface area contributed by atoms with E-state index in [1.165, 1.54) is 30.5 Å². The quantitative estimate of drug-likeness (QED) is 0.600. The average molecular weight is 319 g/mol. The smallest absolute Gasteiger partial charge is 0.0489 e. The minimum Gasteiger partial charge on any atom is -0.296 e. The summed E-state index contributed by atoms with van der Waals surface area (Å²) in [6.07, 6.45) is 9.59. The molecule has 0 aromatic heterocycles. The lowest BCUT2D eigenvalue weighted by Crippen LogP contribution is -2.44. The van der Waals surface area contributed by atoms with Gasteiger partial charge in [-0.15, -0.1) is 0 Å². The first kappa shape index (κ1) is 17.0. The van der Waals surface area contributed by atoms with E-state index < -0.39 is 0 Å². The summed E-state index contributed by atoms with van der Waals surface area (Å²) >= 11 is 0. The first-order chi connectivity index (χ1) is 11.7. The largest absolute Gasteiger partial charge is 0.296 e. The monoisotopic (exact) mass is 319 g/mol. The molecule has 1 fully saturated rings. The maximum Gasteiger partial charge on any atom is 0.0489 e. The van der Waals surface area contributed by atoms with Crippen molar-refractivity contribution < 1.29 is 0 Å². The van der Waals surface area contributed by atoms with Crippen molar-refractivity contribution in [1.82, 2.24) is 4.90 Å². The molecule has 1 nitrogen and oxygen atoms in total. The third-order valence-corrected chi connectivity index (χ3v) is 5.42. The van der Waals surface area contributed by atoms with Crippen molar-refractivity contribution in [3.63, 3.8) is 0 Å². The summed E-state index contributed by atoms with van der Waals surface area (Å²) < 4.78 is 0. The lowest BCUT2D eigenvalue weighted by Gasteiger charge is -2.42. The molecule has 126 valence electrons. The van der Waals surface area contributed by atoms with E-state index in [0.29, 0.717) is 0 Å². The van der Waals surface area contributed by atoms with E-state index in [4.69, 9.17) is 0 Å². The highest BCUT2D eigenvalue weighted by Crippen LogP contribution is 2.39. The van der Waals surface area contributed by atoms with Crippen LogP contribution in [0, 0.1) is 5.92 Å².